The molecule has 0 aliphatic carbocycles. The Balaban J connectivity index is 1.61. The van der Waals surface area contributed by atoms with E-state index in [1.54, 1.807) is 24.3 Å². The first-order valence-electron chi connectivity index (χ1n) is 8.74. The minimum Gasteiger partial charge on any atom is -0.406 e. The van der Waals surface area contributed by atoms with Crippen molar-refractivity contribution in [3.8, 4) is 16.9 Å². The average Bonchev–Trinajstić information content (AvgIpc) is 3.20. The molecule has 0 radical (unpaired) electrons. The fourth-order valence-corrected chi connectivity index (χ4v) is 3.29. The van der Waals surface area contributed by atoms with Gasteiger partial charge in [0.2, 0.25) is 0 Å². The number of alkyl halides is 6. The molecule has 7 nitrogen and oxygen atoms in total. The van der Waals surface area contributed by atoms with Crippen LogP contribution in [0.3, 0.4) is 0 Å². The minimum atomic E-state index is -5.33. The maximum atomic E-state index is 12.2. The fraction of sp³-hybridized carbons (Fsp3) is 0.158. The maximum Gasteiger partial charge on any atom is 0.573 e. The summed E-state index contributed by atoms with van der Waals surface area (Å²) in [6.45, 7) is 0. The van der Waals surface area contributed by atoms with Gasteiger partial charge in [0, 0.05) is 10.6 Å². The van der Waals surface area contributed by atoms with Gasteiger partial charge in [-0.2, -0.15) is 13.2 Å². The molecule has 3 rings (SSSR count). The molecular formula is C19H11F6N3O4S. The van der Waals surface area contributed by atoms with Crippen LogP contribution in [0.25, 0.3) is 11.1 Å². The largest absolute Gasteiger partial charge is 0.573 e. The second-order valence-corrected chi connectivity index (χ2v) is 7.24. The molecule has 0 bridgehead atoms. The molecule has 1 heterocycles. The minimum absolute atomic E-state index is 0.0178. The van der Waals surface area contributed by atoms with Crippen molar-refractivity contribution in [2.24, 2.45) is 0 Å². The summed E-state index contributed by atoms with van der Waals surface area (Å²) < 4.78 is 81.0. The number of carbonyl (C=O) groups is 2. The Morgan fingerprint density at radius 1 is 0.909 bits per heavy atom. The first-order valence-corrected chi connectivity index (χ1v) is 9.73. The van der Waals surface area contributed by atoms with Crippen molar-refractivity contribution in [3.05, 3.63) is 59.9 Å². The topological polar surface area (TPSA) is 94.2 Å². The van der Waals surface area contributed by atoms with Crippen LogP contribution >= 0.6 is 11.8 Å². The van der Waals surface area contributed by atoms with Crippen molar-refractivity contribution in [2.45, 2.75) is 23.2 Å². The number of hydrogen-bond acceptors (Lipinski definition) is 7. The SMILES string of the molecule is O=C(OC(=O)C(F)(F)F)c1[nH]nnc1CSc1ccc(-c2ccc(OC(F)(F)F)cc2)cc1. The van der Waals surface area contributed by atoms with Crippen LogP contribution in [0.4, 0.5) is 26.3 Å². The number of aromatic amines is 1. The highest BCUT2D eigenvalue weighted by Gasteiger charge is 2.43. The molecule has 0 spiro atoms. The Morgan fingerprint density at radius 2 is 1.48 bits per heavy atom. The Hall–Kier alpha value is -3.55. The first-order chi connectivity index (χ1) is 15.4. The van der Waals surface area contributed by atoms with Gasteiger partial charge < -0.3 is 9.47 Å². The highest BCUT2D eigenvalue weighted by molar-refractivity contribution is 7.98. The van der Waals surface area contributed by atoms with Crippen LogP contribution in [0.15, 0.2) is 53.4 Å². The normalized spacial score (nSPS) is 11.8. The number of thioether (sulfide) groups is 1. The number of esters is 2. The second-order valence-electron chi connectivity index (χ2n) is 6.19. The molecule has 14 heteroatoms. The molecule has 0 fully saturated rings. The van der Waals surface area contributed by atoms with Gasteiger partial charge >= 0.3 is 24.5 Å². The number of halogens is 6. The van der Waals surface area contributed by atoms with E-state index < -0.39 is 30.2 Å². The Morgan fingerprint density at radius 3 is 2.03 bits per heavy atom. The van der Waals surface area contributed by atoms with Crippen LogP contribution in [0.5, 0.6) is 5.75 Å². The molecule has 2 aromatic carbocycles. The van der Waals surface area contributed by atoms with Gasteiger partial charge in [-0.25, -0.2) is 9.59 Å². The lowest BCUT2D eigenvalue weighted by Crippen LogP contribution is -2.28. The lowest BCUT2D eigenvalue weighted by molar-refractivity contribution is -0.274. The lowest BCUT2D eigenvalue weighted by Gasteiger charge is -2.09. The number of nitrogens with one attached hydrogen (secondary N) is 1. The van der Waals surface area contributed by atoms with E-state index in [0.717, 1.165) is 11.8 Å². The standard InChI is InChI=1S/C19H11F6N3O4S/c20-18(21,22)17(30)31-16(29)15-14(26-28-27-15)9-33-13-7-3-11(4-8-13)10-1-5-12(6-2-10)32-19(23,24)25/h1-8H,9H2,(H,26,27,28). The number of benzene rings is 2. The number of carbonyl (C=O) groups excluding carboxylic acids is 2. The third-order valence-electron chi connectivity index (χ3n) is 3.89. The Labute approximate surface area is 185 Å². The van der Waals surface area contributed by atoms with E-state index in [4.69, 9.17) is 0 Å². The molecule has 0 atom stereocenters. The molecule has 33 heavy (non-hydrogen) atoms. The zero-order valence-corrected chi connectivity index (χ0v) is 16.8. The number of rotatable bonds is 6. The molecular weight excluding hydrogens is 480 g/mol. The maximum absolute atomic E-state index is 12.2. The van der Waals surface area contributed by atoms with Crippen molar-refractivity contribution in [1.82, 2.24) is 15.4 Å². The molecule has 3 aromatic rings. The monoisotopic (exact) mass is 491 g/mol. The van der Waals surface area contributed by atoms with Crippen LogP contribution in [0.2, 0.25) is 0 Å². The predicted octanol–water partition coefficient (Wildman–Crippen LogP) is 4.91. The summed E-state index contributed by atoms with van der Waals surface area (Å²) in [5, 5.41) is 9.05. The predicted molar refractivity (Wildman–Crippen MR) is 101 cm³/mol. The van der Waals surface area contributed by atoms with Crippen LogP contribution in [-0.4, -0.2) is 39.9 Å². The van der Waals surface area contributed by atoms with E-state index in [1.165, 1.54) is 24.3 Å². The summed E-state index contributed by atoms with van der Waals surface area (Å²) in [5.41, 5.74) is 0.827. The summed E-state index contributed by atoms with van der Waals surface area (Å²) in [6.07, 6.45) is -10.1. The van der Waals surface area contributed by atoms with Gasteiger partial charge in [-0.15, -0.1) is 30.0 Å². The third kappa shape index (κ3) is 6.71. The van der Waals surface area contributed by atoms with Gasteiger partial charge in [-0.3, -0.25) is 5.10 Å². The summed E-state index contributed by atoms with van der Waals surface area (Å²) >= 11 is 1.16. The van der Waals surface area contributed by atoms with Crippen molar-refractivity contribution >= 4 is 23.7 Å². The molecule has 1 aromatic heterocycles. The van der Waals surface area contributed by atoms with Gasteiger partial charge in [0.05, 0.1) is 0 Å². The van der Waals surface area contributed by atoms with E-state index in [9.17, 15) is 35.9 Å². The zero-order valence-electron chi connectivity index (χ0n) is 16.0. The van der Waals surface area contributed by atoms with Crippen LogP contribution in [-0.2, 0) is 15.3 Å². The fourth-order valence-electron chi connectivity index (χ4n) is 2.45. The van der Waals surface area contributed by atoms with Crippen molar-refractivity contribution in [2.75, 3.05) is 0 Å². The van der Waals surface area contributed by atoms with Gasteiger partial charge in [-0.1, -0.05) is 29.5 Å². The highest BCUT2D eigenvalue weighted by Crippen LogP contribution is 2.29. The van der Waals surface area contributed by atoms with Gasteiger partial charge in [0.25, 0.3) is 0 Å². The van der Waals surface area contributed by atoms with Gasteiger partial charge in [0.15, 0.2) is 5.69 Å². The molecule has 0 saturated carbocycles. The molecule has 0 saturated heterocycles. The van der Waals surface area contributed by atoms with E-state index in [-0.39, 0.29) is 17.2 Å². The summed E-state index contributed by atoms with van der Waals surface area (Å²) in [5.74, 6) is -4.55. The molecule has 0 amide bonds. The van der Waals surface area contributed by atoms with Crippen molar-refractivity contribution in [1.29, 1.82) is 0 Å². The quantitative estimate of drug-likeness (QED) is 0.227. The summed E-state index contributed by atoms with van der Waals surface area (Å²) in [7, 11) is 0. The lowest BCUT2D eigenvalue weighted by atomic mass is 10.1. The van der Waals surface area contributed by atoms with E-state index in [2.05, 4.69) is 24.9 Å². The average molecular weight is 491 g/mol. The first kappa shape index (κ1) is 24.1. The van der Waals surface area contributed by atoms with Gasteiger partial charge in [0.1, 0.15) is 11.4 Å². The van der Waals surface area contributed by atoms with Crippen LogP contribution in [0.1, 0.15) is 16.2 Å². The number of nitrogens with zero attached hydrogens (tertiary/aromatic N) is 2. The summed E-state index contributed by atoms with van der Waals surface area (Å²) in [6, 6.07) is 12.0. The molecule has 0 aliphatic rings. The number of hydrogen-bond donors (Lipinski definition) is 1. The number of aromatic nitrogens is 3. The molecule has 0 aliphatic heterocycles. The van der Waals surface area contributed by atoms with Crippen molar-refractivity contribution < 1.29 is 45.4 Å². The summed E-state index contributed by atoms with van der Waals surface area (Å²) in [4.78, 5) is 23.3. The van der Waals surface area contributed by atoms with Crippen molar-refractivity contribution in [3.63, 3.8) is 0 Å². The number of ether oxygens (including phenoxy) is 2. The Kier molecular flexibility index (Phi) is 6.95. The smallest absolute Gasteiger partial charge is 0.406 e. The van der Waals surface area contributed by atoms with Gasteiger partial charge in [-0.05, 0) is 35.4 Å². The number of H-pyrrole nitrogens is 1. The molecule has 0 unspecified atom stereocenters. The van der Waals surface area contributed by atoms with Crippen LogP contribution in [0, 0.1) is 0 Å². The zero-order chi connectivity index (χ0) is 24.2. The third-order valence-corrected chi connectivity index (χ3v) is 4.92. The Bertz CT molecular complexity index is 1130. The van der Waals surface area contributed by atoms with E-state index in [1.807, 2.05) is 0 Å². The van der Waals surface area contributed by atoms with E-state index >= 15 is 0 Å². The second kappa shape index (κ2) is 9.52. The van der Waals surface area contributed by atoms with Crippen LogP contribution < -0.4 is 4.74 Å². The van der Waals surface area contributed by atoms with E-state index in [0.29, 0.717) is 16.0 Å². The molecule has 174 valence electrons. The molecule has 1 N–H and O–H groups in total. The highest BCUT2D eigenvalue weighted by atomic mass is 32.2.